The van der Waals surface area contributed by atoms with Crippen molar-refractivity contribution in [2.24, 2.45) is 11.7 Å². The van der Waals surface area contributed by atoms with E-state index in [0.717, 1.165) is 18.4 Å². The number of carboxylic acid groups (broad SMARTS) is 1. The average Bonchev–Trinajstić information content (AvgIpc) is 3.00. The van der Waals surface area contributed by atoms with Gasteiger partial charge < -0.3 is 15.9 Å². The molecule has 1 aliphatic rings. The molecule has 0 amide bonds. The number of aromatic carboxylic acids is 1. The molecule has 15 heavy (non-hydrogen) atoms. The van der Waals surface area contributed by atoms with Crippen LogP contribution in [0.15, 0.2) is 18.2 Å². The number of carbonyl (C=O) groups is 1. The molecule has 0 heterocycles. The lowest BCUT2D eigenvalue weighted by atomic mass is 10.0. The van der Waals surface area contributed by atoms with Gasteiger partial charge in [0.1, 0.15) is 11.3 Å². The normalized spacial score (nSPS) is 17.4. The summed E-state index contributed by atoms with van der Waals surface area (Å²) in [7, 11) is 0. The largest absolute Gasteiger partial charge is 0.507 e. The molecule has 4 nitrogen and oxygen atoms in total. The third kappa shape index (κ3) is 1.94. The molecular formula is C11H13NO3. The highest BCUT2D eigenvalue weighted by Gasteiger charge is 2.30. The third-order valence-electron chi connectivity index (χ3n) is 2.77. The molecule has 0 aliphatic heterocycles. The van der Waals surface area contributed by atoms with Crippen molar-refractivity contribution >= 4 is 5.97 Å². The van der Waals surface area contributed by atoms with Crippen molar-refractivity contribution in [3.63, 3.8) is 0 Å². The second kappa shape index (κ2) is 3.55. The lowest BCUT2D eigenvalue weighted by Crippen LogP contribution is -2.13. The molecule has 4 N–H and O–H groups in total. The summed E-state index contributed by atoms with van der Waals surface area (Å²) in [5.41, 5.74) is 6.65. The van der Waals surface area contributed by atoms with Crippen molar-refractivity contribution < 1.29 is 15.0 Å². The van der Waals surface area contributed by atoms with Gasteiger partial charge in [-0.2, -0.15) is 0 Å². The van der Waals surface area contributed by atoms with Gasteiger partial charge in [-0.1, -0.05) is 6.07 Å². The van der Waals surface area contributed by atoms with E-state index in [2.05, 4.69) is 0 Å². The SMILES string of the molecule is N[C@@H](c1ccc(O)c(C(=O)O)c1)C1CC1. The summed E-state index contributed by atoms with van der Waals surface area (Å²) in [4.78, 5) is 10.8. The lowest BCUT2D eigenvalue weighted by Gasteiger charge is -2.11. The Hall–Kier alpha value is -1.55. The number of hydrogen-bond acceptors (Lipinski definition) is 3. The predicted octanol–water partition coefficient (Wildman–Crippen LogP) is 1.50. The van der Waals surface area contributed by atoms with Crippen LogP contribution in [0, 0.1) is 5.92 Å². The maximum absolute atomic E-state index is 10.8. The molecule has 1 saturated carbocycles. The number of benzene rings is 1. The Morgan fingerprint density at radius 1 is 1.47 bits per heavy atom. The Morgan fingerprint density at radius 2 is 2.13 bits per heavy atom. The van der Waals surface area contributed by atoms with E-state index in [0.29, 0.717) is 5.92 Å². The Balaban J connectivity index is 2.32. The highest BCUT2D eigenvalue weighted by Crippen LogP contribution is 2.40. The summed E-state index contributed by atoms with van der Waals surface area (Å²) in [6.45, 7) is 0. The Bertz CT molecular complexity index is 399. The minimum atomic E-state index is -1.13. The van der Waals surface area contributed by atoms with Crippen LogP contribution in [0.2, 0.25) is 0 Å². The zero-order valence-electron chi connectivity index (χ0n) is 8.18. The summed E-state index contributed by atoms with van der Waals surface area (Å²) in [6.07, 6.45) is 2.20. The monoisotopic (exact) mass is 207 g/mol. The van der Waals surface area contributed by atoms with Gasteiger partial charge in [0.15, 0.2) is 0 Å². The van der Waals surface area contributed by atoms with Gasteiger partial charge in [0, 0.05) is 6.04 Å². The summed E-state index contributed by atoms with van der Waals surface area (Å²) in [5, 5.41) is 18.1. The predicted molar refractivity (Wildman–Crippen MR) is 54.7 cm³/mol. The van der Waals surface area contributed by atoms with Crippen LogP contribution in [0.1, 0.15) is 34.8 Å². The van der Waals surface area contributed by atoms with E-state index in [1.54, 1.807) is 6.07 Å². The van der Waals surface area contributed by atoms with Crippen LogP contribution in [0.3, 0.4) is 0 Å². The summed E-state index contributed by atoms with van der Waals surface area (Å²) in [6, 6.07) is 4.43. The van der Waals surface area contributed by atoms with E-state index in [4.69, 9.17) is 10.8 Å². The Kier molecular flexibility index (Phi) is 2.36. The Labute approximate surface area is 87.3 Å². The molecule has 1 aromatic carbocycles. The number of nitrogens with two attached hydrogens (primary N) is 1. The molecule has 4 heteroatoms. The van der Waals surface area contributed by atoms with Crippen molar-refractivity contribution in [3.05, 3.63) is 29.3 Å². The quantitative estimate of drug-likeness (QED) is 0.701. The molecule has 80 valence electrons. The standard InChI is InChI=1S/C11H13NO3/c12-10(6-1-2-6)7-3-4-9(13)8(5-7)11(14)15/h3-6,10,13H,1-2,12H2,(H,14,15)/t10-/m1/s1. The second-order valence-electron chi connectivity index (χ2n) is 3.94. The number of phenols is 1. The fourth-order valence-electron chi connectivity index (χ4n) is 1.66. The molecule has 2 rings (SSSR count). The van der Waals surface area contributed by atoms with E-state index in [1.807, 2.05) is 0 Å². The van der Waals surface area contributed by atoms with E-state index in [1.165, 1.54) is 12.1 Å². The molecule has 1 aromatic rings. The minimum Gasteiger partial charge on any atom is -0.507 e. The van der Waals surface area contributed by atoms with Crippen molar-refractivity contribution in [3.8, 4) is 5.75 Å². The number of rotatable bonds is 3. The van der Waals surface area contributed by atoms with Gasteiger partial charge >= 0.3 is 5.97 Å². The van der Waals surface area contributed by atoms with E-state index < -0.39 is 5.97 Å². The van der Waals surface area contributed by atoms with Crippen LogP contribution in [-0.2, 0) is 0 Å². The van der Waals surface area contributed by atoms with Gasteiger partial charge in [0.25, 0.3) is 0 Å². The molecule has 0 bridgehead atoms. The highest BCUT2D eigenvalue weighted by molar-refractivity contribution is 5.90. The van der Waals surface area contributed by atoms with Crippen molar-refractivity contribution in [1.82, 2.24) is 0 Å². The van der Waals surface area contributed by atoms with Crippen molar-refractivity contribution in [2.75, 3.05) is 0 Å². The third-order valence-corrected chi connectivity index (χ3v) is 2.77. The van der Waals surface area contributed by atoms with Crippen LogP contribution in [0.4, 0.5) is 0 Å². The summed E-state index contributed by atoms with van der Waals surface area (Å²) in [5.74, 6) is -0.872. The first-order valence-electron chi connectivity index (χ1n) is 4.91. The molecule has 1 atom stereocenters. The van der Waals surface area contributed by atoms with E-state index in [-0.39, 0.29) is 17.4 Å². The van der Waals surface area contributed by atoms with Crippen molar-refractivity contribution in [2.45, 2.75) is 18.9 Å². The maximum Gasteiger partial charge on any atom is 0.339 e. The highest BCUT2D eigenvalue weighted by atomic mass is 16.4. The lowest BCUT2D eigenvalue weighted by molar-refractivity contribution is 0.0693. The number of hydrogen-bond donors (Lipinski definition) is 3. The van der Waals surface area contributed by atoms with Gasteiger partial charge in [-0.05, 0) is 36.5 Å². The molecule has 1 aliphatic carbocycles. The number of carboxylic acids is 1. The van der Waals surface area contributed by atoms with E-state index >= 15 is 0 Å². The first-order chi connectivity index (χ1) is 7.09. The van der Waals surface area contributed by atoms with E-state index in [9.17, 15) is 9.90 Å². The molecule has 0 radical (unpaired) electrons. The first kappa shape index (κ1) is 9.98. The summed E-state index contributed by atoms with van der Waals surface area (Å²) < 4.78 is 0. The van der Waals surface area contributed by atoms with Gasteiger partial charge in [0.05, 0.1) is 0 Å². The van der Waals surface area contributed by atoms with Crippen LogP contribution < -0.4 is 5.73 Å². The zero-order valence-corrected chi connectivity index (χ0v) is 8.18. The minimum absolute atomic E-state index is 0.0800. The smallest absolute Gasteiger partial charge is 0.339 e. The van der Waals surface area contributed by atoms with Gasteiger partial charge in [-0.3, -0.25) is 0 Å². The van der Waals surface area contributed by atoms with Gasteiger partial charge in [0.2, 0.25) is 0 Å². The van der Waals surface area contributed by atoms with Crippen LogP contribution >= 0.6 is 0 Å². The maximum atomic E-state index is 10.8. The molecular weight excluding hydrogens is 194 g/mol. The molecule has 0 saturated heterocycles. The average molecular weight is 207 g/mol. The first-order valence-corrected chi connectivity index (χ1v) is 4.91. The zero-order chi connectivity index (χ0) is 11.0. The second-order valence-corrected chi connectivity index (χ2v) is 3.94. The van der Waals surface area contributed by atoms with Crippen LogP contribution in [0.25, 0.3) is 0 Å². The summed E-state index contributed by atoms with van der Waals surface area (Å²) >= 11 is 0. The van der Waals surface area contributed by atoms with Gasteiger partial charge in [-0.25, -0.2) is 4.79 Å². The van der Waals surface area contributed by atoms with Crippen LogP contribution in [-0.4, -0.2) is 16.2 Å². The molecule has 0 unspecified atom stereocenters. The molecule has 0 aromatic heterocycles. The Morgan fingerprint density at radius 3 is 2.67 bits per heavy atom. The fourth-order valence-corrected chi connectivity index (χ4v) is 1.66. The topological polar surface area (TPSA) is 83.5 Å². The molecule has 1 fully saturated rings. The molecule has 0 spiro atoms. The number of aromatic hydroxyl groups is 1. The fraction of sp³-hybridized carbons (Fsp3) is 0.364. The van der Waals surface area contributed by atoms with Gasteiger partial charge in [-0.15, -0.1) is 0 Å². The van der Waals surface area contributed by atoms with Crippen molar-refractivity contribution in [1.29, 1.82) is 0 Å². The van der Waals surface area contributed by atoms with Crippen LogP contribution in [0.5, 0.6) is 5.75 Å².